The number of methoxy groups -OCH3 is 3. The number of hydrogen-bond acceptors (Lipinski definition) is 7. The summed E-state index contributed by atoms with van der Waals surface area (Å²) in [4.78, 5) is 47.4. The van der Waals surface area contributed by atoms with Crippen molar-refractivity contribution in [3.8, 4) is 17.2 Å². The van der Waals surface area contributed by atoms with Crippen molar-refractivity contribution in [1.29, 1.82) is 0 Å². The highest BCUT2D eigenvalue weighted by molar-refractivity contribution is 6.02. The lowest BCUT2D eigenvalue weighted by molar-refractivity contribution is -0.147. The molecule has 4 atom stereocenters. The Labute approximate surface area is 258 Å². The van der Waals surface area contributed by atoms with E-state index in [0.29, 0.717) is 49.0 Å². The number of likely N-dealkylation sites (tertiary alicyclic amines) is 1. The van der Waals surface area contributed by atoms with Gasteiger partial charge in [0.25, 0.3) is 0 Å². The minimum absolute atomic E-state index is 0.0668. The van der Waals surface area contributed by atoms with Gasteiger partial charge < -0.3 is 29.3 Å². The van der Waals surface area contributed by atoms with E-state index in [0.717, 1.165) is 24.0 Å². The van der Waals surface area contributed by atoms with Gasteiger partial charge in [-0.05, 0) is 72.5 Å². The number of ketones is 1. The van der Waals surface area contributed by atoms with E-state index in [1.54, 1.807) is 50.5 Å². The molecule has 0 spiro atoms. The number of hydrogen-bond donors (Lipinski definition) is 1. The molecule has 1 saturated carbocycles. The Morgan fingerprint density at radius 1 is 0.682 bits per heavy atom. The molecular weight excluding hydrogens is 558 g/mol. The van der Waals surface area contributed by atoms with E-state index in [4.69, 9.17) is 14.2 Å². The average molecular weight is 598 g/mol. The van der Waals surface area contributed by atoms with Gasteiger partial charge in [-0.25, -0.2) is 0 Å². The molecular formula is C35H39N3O6. The fraction of sp³-hybridized carbons (Fsp3) is 0.400. The van der Waals surface area contributed by atoms with Gasteiger partial charge in [0.05, 0.1) is 33.3 Å². The summed E-state index contributed by atoms with van der Waals surface area (Å²) in [6, 6.07) is 20.6. The minimum Gasteiger partial charge on any atom is -0.497 e. The van der Waals surface area contributed by atoms with Gasteiger partial charge in [0.1, 0.15) is 23.3 Å². The Kier molecular flexibility index (Phi) is 8.57. The van der Waals surface area contributed by atoms with E-state index >= 15 is 0 Å². The number of nitrogens with zero attached hydrogens (tertiary/aromatic N) is 2. The van der Waals surface area contributed by atoms with Crippen LogP contribution in [-0.2, 0) is 9.59 Å². The summed E-state index contributed by atoms with van der Waals surface area (Å²) in [5.41, 5.74) is 2.11. The van der Waals surface area contributed by atoms with Crippen LogP contribution in [0.25, 0.3) is 0 Å². The van der Waals surface area contributed by atoms with Crippen molar-refractivity contribution >= 4 is 17.6 Å². The van der Waals surface area contributed by atoms with Crippen molar-refractivity contribution in [3.05, 3.63) is 89.5 Å². The zero-order valence-electron chi connectivity index (χ0n) is 25.4. The zero-order chi connectivity index (χ0) is 30.8. The highest BCUT2D eigenvalue weighted by Gasteiger charge is 2.59. The molecule has 230 valence electrons. The molecule has 9 nitrogen and oxygen atoms in total. The second-order valence-corrected chi connectivity index (χ2v) is 11.7. The SMILES string of the molecule is COc1ccc(C(=O)C2C(c3ccc(OC)cc3)C(C(=O)N3CCNCC3)N(C(=O)C3CC3)C2c2ccc(OC)cc2)cc1. The van der Waals surface area contributed by atoms with Gasteiger partial charge in [0.15, 0.2) is 5.78 Å². The molecule has 9 heteroatoms. The molecule has 3 fully saturated rings. The van der Waals surface area contributed by atoms with Crippen molar-refractivity contribution in [1.82, 2.24) is 15.1 Å². The molecule has 2 aliphatic heterocycles. The predicted molar refractivity (Wildman–Crippen MR) is 165 cm³/mol. The smallest absolute Gasteiger partial charge is 0.246 e. The van der Waals surface area contributed by atoms with Crippen molar-refractivity contribution in [3.63, 3.8) is 0 Å². The van der Waals surface area contributed by atoms with Crippen LogP contribution in [0, 0.1) is 11.8 Å². The number of amides is 2. The van der Waals surface area contributed by atoms with E-state index in [9.17, 15) is 14.4 Å². The molecule has 6 rings (SSSR count). The number of carbonyl (C=O) groups is 3. The molecule has 1 N–H and O–H groups in total. The summed E-state index contributed by atoms with van der Waals surface area (Å²) in [5.74, 6) is 0.199. The quantitative estimate of drug-likeness (QED) is 0.371. The van der Waals surface area contributed by atoms with Crippen LogP contribution in [0.15, 0.2) is 72.8 Å². The molecule has 2 amide bonds. The highest BCUT2D eigenvalue weighted by Crippen LogP contribution is 2.53. The van der Waals surface area contributed by atoms with Crippen molar-refractivity contribution in [2.24, 2.45) is 11.8 Å². The molecule has 44 heavy (non-hydrogen) atoms. The van der Waals surface area contributed by atoms with E-state index in [-0.39, 0.29) is 23.5 Å². The molecule has 3 aliphatic rings. The van der Waals surface area contributed by atoms with Crippen LogP contribution < -0.4 is 19.5 Å². The lowest BCUT2D eigenvalue weighted by atomic mass is 9.76. The van der Waals surface area contributed by atoms with Crippen molar-refractivity contribution in [2.45, 2.75) is 30.8 Å². The zero-order valence-corrected chi connectivity index (χ0v) is 25.4. The first-order chi connectivity index (χ1) is 21.4. The Bertz CT molecular complexity index is 1480. The second-order valence-electron chi connectivity index (χ2n) is 11.7. The van der Waals surface area contributed by atoms with Gasteiger partial charge in [0, 0.05) is 43.6 Å². The Morgan fingerprint density at radius 2 is 1.18 bits per heavy atom. The molecule has 0 bridgehead atoms. The van der Waals surface area contributed by atoms with E-state index in [1.165, 1.54) is 0 Å². The van der Waals surface area contributed by atoms with E-state index in [2.05, 4.69) is 5.32 Å². The normalized spacial score (nSPS) is 23.2. The van der Waals surface area contributed by atoms with Gasteiger partial charge in [-0.15, -0.1) is 0 Å². The summed E-state index contributed by atoms with van der Waals surface area (Å²) in [6.45, 7) is 2.44. The maximum atomic E-state index is 14.8. The average Bonchev–Trinajstić information content (AvgIpc) is 3.88. The standard InChI is InChI=1S/C35H39N3O6/c1-42-26-12-6-22(7-13-26)29-30(33(39)24-10-16-28(44-3)17-11-24)31(23-8-14-27(43-2)15-9-23)38(34(40)25-4-5-25)32(29)35(41)37-20-18-36-19-21-37/h6-17,25,29-32,36H,4-5,18-21H2,1-3H3. The largest absolute Gasteiger partial charge is 0.497 e. The van der Waals surface area contributed by atoms with Gasteiger partial charge >= 0.3 is 0 Å². The van der Waals surface area contributed by atoms with Gasteiger partial charge in [0.2, 0.25) is 11.8 Å². The summed E-state index contributed by atoms with van der Waals surface area (Å²) in [6.07, 6.45) is 1.56. The maximum Gasteiger partial charge on any atom is 0.246 e. The fourth-order valence-electron chi connectivity index (χ4n) is 6.71. The van der Waals surface area contributed by atoms with E-state index in [1.807, 2.05) is 53.4 Å². The molecule has 0 aromatic heterocycles. The third kappa shape index (κ3) is 5.64. The van der Waals surface area contributed by atoms with Crippen LogP contribution in [-0.4, -0.2) is 80.9 Å². The number of carbonyl (C=O) groups excluding carboxylic acids is 3. The highest BCUT2D eigenvalue weighted by atomic mass is 16.5. The van der Waals surface area contributed by atoms with Crippen molar-refractivity contribution in [2.75, 3.05) is 47.5 Å². The van der Waals surface area contributed by atoms with Crippen LogP contribution in [0.3, 0.4) is 0 Å². The van der Waals surface area contributed by atoms with Crippen LogP contribution in [0.4, 0.5) is 0 Å². The summed E-state index contributed by atoms with van der Waals surface area (Å²) in [7, 11) is 4.79. The number of piperazine rings is 1. The lowest BCUT2D eigenvalue weighted by Gasteiger charge is -2.36. The molecule has 1 aliphatic carbocycles. The summed E-state index contributed by atoms with van der Waals surface area (Å²) >= 11 is 0. The summed E-state index contributed by atoms with van der Waals surface area (Å²) < 4.78 is 16.2. The van der Waals surface area contributed by atoms with Crippen LogP contribution in [0.2, 0.25) is 0 Å². The van der Waals surface area contributed by atoms with Crippen molar-refractivity contribution < 1.29 is 28.6 Å². The molecule has 3 aromatic rings. The maximum absolute atomic E-state index is 14.8. The third-order valence-electron chi connectivity index (χ3n) is 9.16. The predicted octanol–water partition coefficient (Wildman–Crippen LogP) is 4.09. The summed E-state index contributed by atoms with van der Waals surface area (Å²) in [5, 5.41) is 3.32. The number of ether oxygens (including phenoxy) is 3. The van der Waals surface area contributed by atoms with Gasteiger partial charge in [-0.3, -0.25) is 14.4 Å². The first-order valence-corrected chi connectivity index (χ1v) is 15.2. The molecule has 4 unspecified atom stereocenters. The Morgan fingerprint density at radius 3 is 1.68 bits per heavy atom. The van der Waals surface area contributed by atoms with Crippen LogP contribution in [0.5, 0.6) is 17.2 Å². The molecule has 3 aromatic carbocycles. The first kappa shape index (κ1) is 29.7. The Hall–Kier alpha value is -4.37. The second kappa shape index (κ2) is 12.7. The number of Topliss-reactive ketones (excluding diaryl/α,β-unsaturated/α-hetero) is 1. The molecule has 2 saturated heterocycles. The van der Waals surface area contributed by atoms with Crippen LogP contribution in [0.1, 0.15) is 46.3 Å². The monoisotopic (exact) mass is 597 g/mol. The lowest BCUT2D eigenvalue weighted by Crippen LogP contribution is -2.55. The topological polar surface area (TPSA) is 97.4 Å². The molecule has 0 radical (unpaired) electrons. The van der Waals surface area contributed by atoms with E-state index < -0.39 is 23.9 Å². The molecule has 2 heterocycles. The van der Waals surface area contributed by atoms with Crippen LogP contribution >= 0.6 is 0 Å². The third-order valence-corrected chi connectivity index (χ3v) is 9.16. The van der Waals surface area contributed by atoms with Gasteiger partial charge in [-0.1, -0.05) is 24.3 Å². The number of rotatable bonds is 9. The Balaban J connectivity index is 1.56. The number of benzene rings is 3. The van der Waals surface area contributed by atoms with Gasteiger partial charge in [-0.2, -0.15) is 0 Å². The minimum atomic E-state index is -0.853. The first-order valence-electron chi connectivity index (χ1n) is 15.2. The number of nitrogens with one attached hydrogen (secondary N) is 1. The fourth-order valence-corrected chi connectivity index (χ4v) is 6.71.